The molecule has 108 valence electrons. The molecule has 0 bridgehead atoms. The van der Waals surface area contributed by atoms with Gasteiger partial charge in [-0.05, 0) is 37.0 Å². The van der Waals surface area contributed by atoms with Crippen LogP contribution in [0.2, 0.25) is 0 Å². The van der Waals surface area contributed by atoms with Gasteiger partial charge in [0.15, 0.2) is 0 Å². The molecule has 1 aliphatic carbocycles. The quantitative estimate of drug-likeness (QED) is 0.690. The Balaban J connectivity index is 2.59. The van der Waals surface area contributed by atoms with Gasteiger partial charge in [0.1, 0.15) is 0 Å². The number of hydrogen-bond donors (Lipinski definition) is 1. The van der Waals surface area contributed by atoms with Crippen LogP contribution in [0, 0.1) is 11.3 Å². The van der Waals surface area contributed by atoms with E-state index in [1.165, 1.54) is 51.4 Å². The van der Waals surface area contributed by atoms with Crippen LogP contribution in [0.1, 0.15) is 86.0 Å². The lowest BCUT2D eigenvalue weighted by molar-refractivity contribution is 0.120. The summed E-state index contributed by atoms with van der Waals surface area (Å²) in [5.74, 6) is 0.863. The number of rotatable bonds is 6. The van der Waals surface area contributed by atoms with Crippen molar-refractivity contribution < 1.29 is 0 Å². The maximum Gasteiger partial charge on any atom is 0.0103 e. The number of nitrogens with one attached hydrogen (secondary N) is 1. The van der Waals surface area contributed by atoms with Crippen molar-refractivity contribution in [3.05, 3.63) is 0 Å². The average Bonchev–Trinajstić information content (AvgIpc) is 2.29. The zero-order valence-corrected chi connectivity index (χ0v) is 13.4. The highest BCUT2D eigenvalue weighted by molar-refractivity contribution is 4.89. The standard InChI is InChI=1S/C17H35N/c1-6-10-14(11-7-2)18-16-13-9-8-12-15(16)17(3,4)5/h14-16,18H,6-13H2,1-5H3. The fourth-order valence-corrected chi connectivity index (χ4v) is 3.68. The zero-order valence-electron chi connectivity index (χ0n) is 13.4. The van der Waals surface area contributed by atoms with E-state index in [-0.39, 0.29) is 0 Å². The molecule has 1 N–H and O–H groups in total. The van der Waals surface area contributed by atoms with Gasteiger partial charge in [0.25, 0.3) is 0 Å². The molecule has 1 heteroatoms. The van der Waals surface area contributed by atoms with Crippen LogP contribution in [0.3, 0.4) is 0 Å². The second-order valence-corrected chi connectivity index (χ2v) is 7.30. The third-order valence-electron chi connectivity index (χ3n) is 4.60. The Hall–Kier alpha value is -0.0400. The summed E-state index contributed by atoms with van der Waals surface area (Å²) in [6, 6.07) is 1.52. The van der Waals surface area contributed by atoms with Crippen LogP contribution < -0.4 is 5.32 Å². The maximum absolute atomic E-state index is 4.01. The van der Waals surface area contributed by atoms with Crippen molar-refractivity contribution in [2.24, 2.45) is 11.3 Å². The minimum atomic E-state index is 0.459. The summed E-state index contributed by atoms with van der Waals surface area (Å²) in [7, 11) is 0. The molecule has 0 amide bonds. The first-order valence-corrected chi connectivity index (χ1v) is 8.25. The predicted octanol–water partition coefficient (Wildman–Crippen LogP) is 5.15. The topological polar surface area (TPSA) is 12.0 Å². The van der Waals surface area contributed by atoms with Gasteiger partial charge in [-0.2, -0.15) is 0 Å². The Bertz CT molecular complexity index is 210. The van der Waals surface area contributed by atoms with Crippen molar-refractivity contribution in [1.82, 2.24) is 5.32 Å². The fraction of sp³-hybridized carbons (Fsp3) is 1.00. The zero-order chi connectivity index (χ0) is 13.6. The van der Waals surface area contributed by atoms with E-state index in [1.54, 1.807) is 0 Å². The molecule has 0 radical (unpaired) electrons. The second-order valence-electron chi connectivity index (χ2n) is 7.30. The van der Waals surface area contributed by atoms with E-state index in [1.807, 2.05) is 0 Å². The Morgan fingerprint density at radius 1 is 1.00 bits per heavy atom. The maximum atomic E-state index is 4.01. The molecule has 0 saturated heterocycles. The molecule has 18 heavy (non-hydrogen) atoms. The van der Waals surface area contributed by atoms with Crippen molar-refractivity contribution in [2.75, 3.05) is 0 Å². The van der Waals surface area contributed by atoms with Crippen LogP contribution in [0.4, 0.5) is 0 Å². The minimum Gasteiger partial charge on any atom is -0.311 e. The summed E-state index contributed by atoms with van der Waals surface area (Å²) in [6.07, 6.45) is 11.0. The van der Waals surface area contributed by atoms with E-state index < -0.39 is 0 Å². The highest BCUT2D eigenvalue weighted by atomic mass is 15.0. The predicted molar refractivity (Wildman–Crippen MR) is 81.9 cm³/mol. The molecule has 1 saturated carbocycles. The summed E-state index contributed by atoms with van der Waals surface area (Å²) in [4.78, 5) is 0. The Labute approximate surface area is 115 Å². The second kappa shape index (κ2) is 7.53. The molecular formula is C17H35N. The summed E-state index contributed by atoms with van der Waals surface area (Å²) >= 11 is 0. The summed E-state index contributed by atoms with van der Waals surface area (Å²) < 4.78 is 0. The van der Waals surface area contributed by atoms with Crippen molar-refractivity contribution >= 4 is 0 Å². The lowest BCUT2D eigenvalue weighted by atomic mass is 9.69. The van der Waals surface area contributed by atoms with E-state index >= 15 is 0 Å². The van der Waals surface area contributed by atoms with Crippen LogP contribution >= 0.6 is 0 Å². The summed E-state index contributed by atoms with van der Waals surface area (Å²) in [5.41, 5.74) is 0.459. The van der Waals surface area contributed by atoms with Gasteiger partial charge in [0.2, 0.25) is 0 Å². The van der Waals surface area contributed by atoms with E-state index in [4.69, 9.17) is 0 Å². The van der Waals surface area contributed by atoms with Crippen molar-refractivity contribution in [3.63, 3.8) is 0 Å². The van der Waals surface area contributed by atoms with Crippen LogP contribution in [0.25, 0.3) is 0 Å². The van der Waals surface area contributed by atoms with E-state index in [0.717, 1.165) is 18.0 Å². The van der Waals surface area contributed by atoms with Gasteiger partial charge >= 0.3 is 0 Å². The first kappa shape index (κ1) is 16.0. The molecule has 0 aliphatic heterocycles. The van der Waals surface area contributed by atoms with E-state index in [2.05, 4.69) is 39.9 Å². The van der Waals surface area contributed by atoms with Crippen LogP contribution in [0.5, 0.6) is 0 Å². The molecule has 0 aromatic carbocycles. The van der Waals surface area contributed by atoms with Gasteiger partial charge in [0, 0.05) is 12.1 Å². The summed E-state index contributed by atoms with van der Waals surface area (Å²) in [6.45, 7) is 11.9. The molecule has 1 fully saturated rings. The minimum absolute atomic E-state index is 0.459. The fourth-order valence-electron chi connectivity index (χ4n) is 3.68. The highest BCUT2D eigenvalue weighted by Crippen LogP contribution is 2.38. The van der Waals surface area contributed by atoms with Crippen molar-refractivity contribution in [1.29, 1.82) is 0 Å². The Morgan fingerprint density at radius 2 is 1.56 bits per heavy atom. The molecule has 0 spiro atoms. The molecule has 1 aliphatic rings. The van der Waals surface area contributed by atoms with Gasteiger partial charge < -0.3 is 5.32 Å². The largest absolute Gasteiger partial charge is 0.311 e. The molecule has 1 rings (SSSR count). The highest BCUT2D eigenvalue weighted by Gasteiger charge is 2.34. The van der Waals surface area contributed by atoms with Crippen LogP contribution in [-0.4, -0.2) is 12.1 Å². The van der Waals surface area contributed by atoms with Gasteiger partial charge in [-0.15, -0.1) is 0 Å². The van der Waals surface area contributed by atoms with Gasteiger partial charge in [-0.25, -0.2) is 0 Å². The third-order valence-corrected chi connectivity index (χ3v) is 4.60. The Morgan fingerprint density at radius 3 is 2.06 bits per heavy atom. The third kappa shape index (κ3) is 4.91. The van der Waals surface area contributed by atoms with Crippen LogP contribution in [-0.2, 0) is 0 Å². The summed E-state index contributed by atoms with van der Waals surface area (Å²) in [5, 5.41) is 4.01. The lowest BCUT2D eigenvalue weighted by Gasteiger charge is -2.42. The number of hydrogen-bond acceptors (Lipinski definition) is 1. The average molecular weight is 253 g/mol. The molecule has 0 heterocycles. The molecule has 2 unspecified atom stereocenters. The first-order valence-electron chi connectivity index (χ1n) is 8.25. The van der Waals surface area contributed by atoms with E-state index in [0.29, 0.717) is 5.41 Å². The van der Waals surface area contributed by atoms with Crippen LogP contribution in [0.15, 0.2) is 0 Å². The molecule has 1 nitrogen and oxygen atoms in total. The molecular weight excluding hydrogens is 218 g/mol. The lowest BCUT2D eigenvalue weighted by Crippen LogP contribution is -2.48. The Kier molecular flexibility index (Phi) is 6.70. The smallest absolute Gasteiger partial charge is 0.0103 e. The molecule has 2 atom stereocenters. The first-order chi connectivity index (χ1) is 8.49. The molecule has 0 aromatic heterocycles. The van der Waals surface area contributed by atoms with Crippen molar-refractivity contribution in [2.45, 2.75) is 98.1 Å². The van der Waals surface area contributed by atoms with Gasteiger partial charge in [0.05, 0.1) is 0 Å². The normalized spacial score (nSPS) is 25.7. The van der Waals surface area contributed by atoms with E-state index in [9.17, 15) is 0 Å². The van der Waals surface area contributed by atoms with Gasteiger partial charge in [-0.3, -0.25) is 0 Å². The van der Waals surface area contributed by atoms with Gasteiger partial charge in [-0.1, -0.05) is 60.3 Å². The molecule has 0 aromatic rings. The SMILES string of the molecule is CCCC(CCC)NC1CCCCC1C(C)(C)C. The monoisotopic (exact) mass is 253 g/mol. The van der Waals surface area contributed by atoms with Crippen molar-refractivity contribution in [3.8, 4) is 0 Å².